The summed E-state index contributed by atoms with van der Waals surface area (Å²) in [7, 11) is 0. The van der Waals surface area contributed by atoms with Crippen LogP contribution in [0, 0.1) is 5.92 Å². The monoisotopic (exact) mass is 284 g/mol. The molecule has 2 saturated heterocycles. The maximum atomic E-state index is 12.4. The number of urea groups is 1. The number of esters is 1. The molecule has 2 heterocycles. The van der Waals surface area contributed by atoms with Crippen LogP contribution in [0.1, 0.15) is 26.2 Å². The highest BCUT2D eigenvalue weighted by Gasteiger charge is 2.40. The first-order valence-electron chi connectivity index (χ1n) is 6.99. The van der Waals surface area contributed by atoms with Crippen molar-refractivity contribution < 1.29 is 24.2 Å². The summed E-state index contributed by atoms with van der Waals surface area (Å²) in [5.74, 6) is -1.74. The fraction of sp³-hybridized carbons (Fsp3) is 0.769. The molecule has 2 aliphatic rings. The molecule has 2 fully saturated rings. The van der Waals surface area contributed by atoms with Crippen molar-refractivity contribution in [2.24, 2.45) is 5.92 Å². The van der Waals surface area contributed by atoms with Gasteiger partial charge in [-0.15, -0.1) is 0 Å². The molecule has 0 bridgehead atoms. The average Bonchev–Trinajstić information content (AvgIpc) is 3.07. The predicted molar refractivity (Wildman–Crippen MR) is 69.1 cm³/mol. The average molecular weight is 284 g/mol. The van der Waals surface area contributed by atoms with Crippen molar-refractivity contribution in [3.63, 3.8) is 0 Å². The molecule has 0 aromatic heterocycles. The zero-order valence-electron chi connectivity index (χ0n) is 11.6. The van der Waals surface area contributed by atoms with Gasteiger partial charge in [0.2, 0.25) is 0 Å². The molecule has 2 rings (SSSR count). The van der Waals surface area contributed by atoms with Gasteiger partial charge in [0, 0.05) is 19.6 Å². The van der Waals surface area contributed by atoms with E-state index in [0.717, 1.165) is 6.42 Å². The molecular formula is C13H20N2O5. The largest absolute Gasteiger partial charge is 0.481 e. The normalized spacial score (nSPS) is 25.9. The Morgan fingerprint density at radius 3 is 2.60 bits per heavy atom. The quantitative estimate of drug-likeness (QED) is 0.764. The lowest BCUT2D eigenvalue weighted by atomic mass is 10.1. The minimum Gasteiger partial charge on any atom is -0.481 e. The maximum absolute atomic E-state index is 12.4. The van der Waals surface area contributed by atoms with Crippen LogP contribution in [0.15, 0.2) is 0 Å². The summed E-state index contributed by atoms with van der Waals surface area (Å²) in [6.45, 7) is 3.21. The Balaban J connectivity index is 1.98. The molecule has 112 valence electrons. The van der Waals surface area contributed by atoms with E-state index < -0.39 is 17.9 Å². The molecule has 0 aromatic rings. The van der Waals surface area contributed by atoms with Gasteiger partial charge in [0.1, 0.15) is 6.04 Å². The number of likely N-dealkylation sites (tertiary alicyclic amines) is 2. The number of hydrogen-bond acceptors (Lipinski definition) is 4. The van der Waals surface area contributed by atoms with Gasteiger partial charge in [-0.1, -0.05) is 0 Å². The Morgan fingerprint density at radius 1 is 1.25 bits per heavy atom. The Labute approximate surface area is 117 Å². The van der Waals surface area contributed by atoms with Crippen LogP contribution in [-0.4, -0.2) is 65.2 Å². The first kappa shape index (κ1) is 14.6. The highest BCUT2D eigenvalue weighted by Crippen LogP contribution is 2.24. The SMILES string of the molecule is CCOC(=O)C1CCCN1C(=O)N1CCC(C(=O)O)C1. The van der Waals surface area contributed by atoms with Crippen LogP contribution in [-0.2, 0) is 14.3 Å². The third-order valence-corrected chi connectivity index (χ3v) is 3.87. The minimum absolute atomic E-state index is 0.222. The highest BCUT2D eigenvalue weighted by molar-refractivity contribution is 5.85. The van der Waals surface area contributed by atoms with E-state index in [2.05, 4.69) is 0 Å². The van der Waals surface area contributed by atoms with Crippen LogP contribution >= 0.6 is 0 Å². The van der Waals surface area contributed by atoms with Gasteiger partial charge in [-0.25, -0.2) is 9.59 Å². The third-order valence-electron chi connectivity index (χ3n) is 3.87. The topological polar surface area (TPSA) is 87.2 Å². The Morgan fingerprint density at radius 2 is 2.00 bits per heavy atom. The molecule has 0 aromatic carbocycles. The van der Waals surface area contributed by atoms with Crippen LogP contribution < -0.4 is 0 Å². The molecule has 7 heteroatoms. The first-order valence-corrected chi connectivity index (χ1v) is 6.99. The summed E-state index contributed by atoms with van der Waals surface area (Å²) in [6, 6.07) is -0.768. The minimum atomic E-state index is -0.872. The van der Waals surface area contributed by atoms with Crippen molar-refractivity contribution in [1.82, 2.24) is 9.80 Å². The Kier molecular flexibility index (Phi) is 4.46. The second-order valence-corrected chi connectivity index (χ2v) is 5.16. The number of hydrogen-bond donors (Lipinski definition) is 1. The smallest absolute Gasteiger partial charge is 0.328 e. The molecule has 2 aliphatic heterocycles. The van der Waals surface area contributed by atoms with Crippen LogP contribution in [0.5, 0.6) is 0 Å². The molecule has 0 aliphatic carbocycles. The molecular weight excluding hydrogens is 264 g/mol. The van der Waals surface area contributed by atoms with E-state index in [1.54, 1.807) is 6.92 Å². The molecule has 0 saturated carbocycles. The molecule has 2 atom stereocenters. The standard InChI is InChI=1S/C13H20N2O5/c1-2-20-12(18)10-4-3-6-15(10)13(19)14-7-5-9(8-14)11(16)17/h9-10H,2-8H2,1H3,(H,16,17). The molecule has 0 radical (unpaired) electrons. The van der Waals surface area contributed by atoms with E-state index in [9.17, 15) is 14.4 Å². The number of ether oxygens (including phenoxy) is 1. The van der Waals surface area contributed by atoms with Gasteiger partial charge < -0.3 is 19.6 Å². The van der Waals surface area contributed by atoms with Gasteiger partial charge in [-0.3, -0.25) is 4.79 Å². The lowest BCUT2D eigenvalue weighted by Gasteiger charge is -2.28. The molecule has 20 heavy (non-hydrogen) atoms. The van der Waals surface area contributed by atoms with Crippen LogP contribution in [0.25, 0.3) is 0 Å². The zero-order chi connectivity index (χ0) is 14.7. The summed E-state index contributed by atoms with van der Waals surface area (Å²) < 4.78 is 4.98. The van der Waals surface area contributed by atoms with E-state index in [1.807, 2.05) is 0 Å². The number of carbonyl (C=O) groups excluding carboxylic acids is 2. The maximum Gasteiger partial charge on any atom is 0.328 e. The summed E-state index contributed by atoms with van der Waals surface area (Å²) in [4.78, 5) is 38.2. The van der Waals surface area contributed by atoms with Gasteiger partial charge in [-0.05, 0) is 26.2 Å². The highest BCUT2D eigenvalue weighted by atomic mass is 16.5. The molecule has 1 N–H and O–H groups in total. The van der Waals surface area contributed by atoms with Crippen molar-refractivity contribution in [1.29, 1.82) is 0 Å². The van der Waals surface area contributed by atoms with Crippen molar-refractivity contribution in [2.45, 2.75) is 32.2 Å². The fourth-order valence-corrected chi connectivity index (χ4v) is 2.80. The summed E-state index contributed by atoms with van der Waals surface area (Å²) in [5, 5.41) is 8.96. The van der Waals surface area contributed by atoms with Crippen molar-refractivity contribution >= 4 is 18.0 Å². The van der Waals surface area contributed by atoms with Crippen molar-refractivity contribution in [2.75, 3.05) is 26.2 Å². The number of aliphatic carboxylic acids is 1. The van der Waals surface area contributed by atoms with Crippen LogP contribution in [0.2, 0.25) is 0 Å². The second kappa shape index (κ2) is 6.11. The molecule has 2 amide bonds. The number of carbonyl (C=O) groups is 3. The number of carboxylic acids is 1. The summed E-state index contributed by atoms with van der Waals surface area (Å²) in [5.41, 5.74) is 0. The lowest BCUT2D eigenvalue weighted by molar-refractivity contribution is -0.147. The predicted octanol–water partition coefficient (Wildman–Crippen LogP) is 0.540. The third kappa shape index (κ3) is 2.86. The number of rotatable bonds is 3. The van der Waals surface area contributed by atoms with Gasteiger partial charge >= 0.3 is 18.0 Å². The van der Waals surface area contributed by atoms with E-state index in [0.29, 0.717) is 32.5 Å². The van der Waals surface area contributed by atoms with Crippen molar-refractivity contribution in [3.8, 4) is 0 Å². The molecule has 7 nitrogen and oxygen atoms in total. The van der Waals surface area contributed by atoms with E-state index in [1.165, 1.54) is 9.80 Å². The molecule has 0 spiro atoms. The summed E-state index contributed by atoms with van der Waals surface area (Å²) >= 11 is 0. The Hall–Kier alpha value is -1.79. The number of nitrogens with zero attached hydrogens (tertiary/aromatic N) is 2. The first-order chi connectivity index (χ1) is 9.54. The van der Waals surface area contributed by atoms with Gasteiger partial charge in [0.25, 0.3) is 0 Å². The number of carboxylic acid groups (broad SMARTS) is 1. The zero-order valence-corrected chi connectivity index (χ0v) is 11.6. The van der Waals surface area contributed by atoms with Crippen molar-refractivity contribution in [3.05, 3.63) is 0 Å². The Bertz CT molecular complexity index is 412. The van der Waals surface area contributed by atoms with Gasteiger partial charge in [0.05, 0.1) is 12.5 Å². The van der Waals surface area contributed by atoms with Gasteiger partial charge in [-0.2, -0.15) is 0 Å². The molecule has 2 unspecified atom stereocenters. The van der Waals surface area contributed by atoms with E-state index >= 15 is 0 Å². The summed E-state index contributed by atoms with van der Waals surface area (Å²) in [6.07, 6.45) is 1.85. The van der Waals surface area contributed by atoms with E-state index in [-0.39, 0.29) is 18.5 Å². The van der Waals surface area contributed by atoms with Crippen LogP contribution in [0.3, 0.4) is 0 Å². The second-order valence-electron chi connectivity index (χ2n) is 5.16. The lowest BCUT2D eigenvalue weighted by Crippen LogP contribution is -2.48. The van der Waals surface area contributed by atoms with Gasteiger partial charge in [0.15, 0.2) is 0 Å². The van der Waals surface area contributed by atoms with Crippen LogP contribution in [0.4, 0.5) is 4.79 Å². The number of amides is 2. The van der Waals surface area contributed by atoms with E-state index in [4.69, 9.17) is 9.84 Å². The fourth-order valence-electron chi connectivity index (χ4n) is 2.80.